The quantitative estimate of drug-likeness (QED) is 0.413. The van der Waals surface area contributed by atoms with E-state index in [-0.39, 0.29) is 17.6 Å². The van der Waals surface area contributed by atoms with Gasteiger partial charge < -0.3 is 14.5 Å². The van der Waals surface area contributed by atoms with Crippen LogP contribution < -0.4 is 4.74 Å². The monoisotopic (exact) mass is 515 g/mol. The highest BCUT2D eigenvalue weighted by Crippen LogP contribution is 2.19. The first-order valence-electron chi connectivity index (χ1n) is 12.9. The van der Waals surface area contributed by atoms with Crippen LogP contribution in [-0.2, 0) is 0 Å². The predicted octanol–water partition coefficient (Wildman–Crippen LogP) is 4.76. The Morgan fingerprint density at radius 3 is 2.26 bits per heavy atom. The number of benzene rings is 3. The van der Waals surface area contributed by atoms with E-state index in [0.717, 1.165) is 30.0 Å². The smallest absolute Gasteiger partial charge is 0.254 e. The van der Waals surface area contributed by atoms with Crippen LogP contribution in [0.5, 0.6) is 5.75 Å². The molecule has 2 amide bonds. The van der Waals surface area contributed by atoms with E-state index in [9.17, 15) is 14.0 Å². The van der Waals surface area contributed by atoms with Crippen molar-refractivity contribution in [2.24, 2.45) is 0 Å². The van der Waals surface area contributed by atoms with Crippen LogP contribution in [0.3, 0.4) is 0 Å². The van der Waals surface area contributed by atoms with Gasteiger partial charge in [0, 0.05) is 62.5 Å². The molecule has 0 aliphatic carbocycles. The number of hydrogen-bond acceptors (Lipinski definition) is 4. The average Bonchev–Trinajstić information content (AvgIpc) is 2.95. The molecule has 0 spiro atoms. The molecule has 198 valence electrons. The molecule has 38 heavy (non-hydrogen) atoms. The fourth-order valence-corrected chi connectivity index (χ4v) is 4.48. The summed E-state index contributed by atoms with van der Waals surface area (Å²) in [6.45, 7) is 6.36. The Morgan fingerprint density at radius 1 is 0.921 bits per heavy atom. The largest absolute Gasteiger partial charge is 0.496 e. The van der Waals surface area contributed by atoms with E-state index in [1.807, 2.05) is 72.5 Å². The SMILES string of the molecule is COc1ccccc1/C=C/CN(CCN1CCN(C(=O)c2ccc(F)cc2)CC1)C(=O)c1ccc(C)cc1. The minimum absolute atomic E-state index is 0.0141. The van der Waals surface area contributed by atoms with Crippen molar-refractivity contribution in [2.75, 3.05) is 52.9 Å². The molecule has 1 aliphatic heterocycles. The van der Waals surface area contributed by atoms with Gasteiger partial charge in [0.15, 0.2) is 0 Å². The summed E-state index contributed by atoms with van der Waals surface area (Å²) in [5.74, 6) is 0.337. The van der Waals surface area contributed by atoms with E-state index in [1.54, 1.807) is 12.0 Å². The Morgan fingerprint density at radius 2 is 1.58 bits per heavy atom. The van der Waals surface area contributed by atoms with Gasteiger partial charge in [-0.1, -0.05) is 48.0 Å². The van der Waals surface area contributed by atoms with Gasteiger partial charge in [0.1, 0.15) is 11.6 Å². The number of aryl methyl sites for hydroxylation is 1. The zero-order valence-electron chi connectivity index (χ0n) is 22.0. The van der Waals surface area contributed by atoms with Crippen molar-refractivity contribution in [3.05, 3.63) is 107 Å². The Kier molecular flexibility index (Phi) is 9.27. The highest BCUT2D eigenvalue weighted by molar-refractivity contribution is 5.95. The lowest BCUT2D eigenvalue weighted by Crippen LogP contribution is -2.50. The number of methoxy groups -OCH3 is 1. The summed E-state index contributed by atoms with van der Waals surface area (Å²) in [6.07, 6.45) is 3.97. The van der Waals surface area contributed by atoms with E-state index in [2.05, 4.69) is 4.90 Å². The number of nitrogens with zero attached hydrogens (tertiary/aromatic N) is 3. The third-order valence-corrected chi connectivity index (χ3v) is 6.78. The van der Waals surface area contributed by atoms with Gasteiger partial charge in [-0.2, -0.15) is 0 Å². The second-order valence-corrected chi connectivity index (χ2v) is 9.40. The first kappa shape index (κ1) is 27.1. The number of rotatable bonds is 9. The summed E-state index contributed by atoms with van der Waals surface area (Å²) < 4.78 is 18.6. The summed E-state index contributed by atoms with van der Waals surface area (Å²) in [6, 6.07) is 21.1. The average molecular weight is 516 g/mol. The van der Waals surface area contributed by atoms with Gasteiger partial charge in [-0.3, -0.25) is 14.5 Å². The lowest BCUT2D eigenvalue weighted by atomic mass is 10.1. The molecular weight excluding hydrogens is 481 g/mol. The van der Waals surface area contributed by atoms with E-state index in [4.69, 9.17) is 4.74 Å². The highest BCUT2D eigenvalue weighted by atomic mass is 19.1. The van der Waals surface area contributed by atoms with Gasteiger partial charge in [0.2, 0.25) is 0 Å². The second-order valence-electron chi connectivity index (χ2n) is 9.40. The van der Waals surface area contributed by atoms with Crippen LogP contribution >= 0.6 is 0 Å². The molecule has 1 heterocycles. The van der Waals surface area contributed by atoms with Crippen molar-refractivity contribution < 1.29 is 18.7 Å². The second kappa shape index (κ2) is 13.0. The fraction of sp³-hybridized carbons (Fsp3) is 0.290. The van der Waals surface area contributed by atoms with Crippen LogP contribution in [0.15, 0.2) is 78.9 Å². The number of carbonyl (C=O) groups excluding carboxylic acids is 2. The number of halogens is 1. The molecule has 0 aromatic heterocycles. The highest BCUT2D eigenvalue weighted by Gasteiger charge is 2.23. The van der Waals surface area contributed by atoms with Gasteiger partial charge in [0.25, 0.3) is 11.8 Å². The zero-order valence-corrected chi connectivity index (χ0v) is 22.0. The molecule has 0 saturated carbocycles. The number of amides is 2. The minimum Gasteiger partial charge on any atom is -0.496 e. The topological polar surface area (TPSA) is 53.1 Å². The van der Waals surface area contributed by atoms with Gasteiger partial charge >= 0.3 is 0 Å². The lowest BCUT2D eigenvalue weighted by molar-refractivity contribution is 0.0609. The third kappa shape index (κ3) is 7.07. The maximum absolute atomic E-state index is 13.4. The molecule has 4 rings (SSSR count). The maximum Gasteiger partial charge on any atom is 0.254 e. The normalized spacial score (nSPS) is 14.0. The van der Waals surface area contributed by atoms with Gasteiger partial charge in [-0.15, -0.1) is 0 Å². The molecule has 7 heteroatoms. The Hall–Kier alpha value is -3.97. The molecular formula is C31H34FN3O3. The van der Waals surface area contributed by atoms with E-state index in [1.165, 1.54) is 24.3 Å². The molecule has 3 aromatic rings. The first-order valence-corrected chi connectivity index (χ1v) is 12.9. The zero-order chi connectivity index (χ0) is 26.9. The predicted molar refractivity (Wildman–Crippen MR) is 148 cm³/mol. The van der Waals surface area contributed by atoms with E-state index in [0.29, 0.717) is 43.9 Å². The molecule has 0 radical (unpaired) electrons. The molecule has 3 aromatic carbocycles. The summed E-state index contributed by atoms with van der Waals surface area (Å²) >= 11 is 0. The fourth-order valence-electron chi connectivity index (χ4n) is 4.48. The standard InChI is InChI=1S/C31H34FN3O3/c1-24-9-11-26(12-10-24)30(36)34(17-5-7-25-6-3-4-8-29(25)38-2)21-18-33-19-22-35(23-20-33)31(37)27-13-15-28(32)16-14-27/h3-16H,17-23H2,1-2H3/b7-5+. The van der Waals surface area contributed by atoms with Crippen molar-refractivity contribution in [3.8, 4) is 5.75 Å². The molecule has 0 unspecified atom stereocenters. The van der Waals surface area contributed by atoms with E-state index >= 15 is 0 Å². The van der Waals surface area contributed by atoms with Crippen molar-refractivity contribution in [3.63, 3.8) is 0 Å². The summed E-state index contributed by atoms with van der Waals surface area (Å²) in [4.78, 5) is 32.1. The van der Waals surface area contributed by atoms with Gasteiger partial charge in [-0.05, 0) is 49.4 Å². The molecule has 0 N–H and O–H groups in total. The summed E-state index contributed by atoms with van der Waals surface area (Å²) in [5.41, 5.74) is 3.23. The molecule has 1 fully saturated rings. The van der Waals surface area contributed by atoms with Crippen LogP contribution in [0.25, 0.3) is 6.08 Å². The molecule has 1 aliphatic rings. The molecule has 0 atom stereocenters. The van der Waals surface area contributed by atoms with Crippen molar-refractivity contribution in [2.45, 2.75) is 6.92 Å². The number of ether oxygens (including phenoxy) is 1. The van der Waals surface area contributed by atoms with Crippen LogP contribution in [0.2, 0.25) is 0 Å². The van der Waals surface area contributed by atoms with Crippen LogP contribution in [0.4, 0.5) is 4.39 Å². The third-order valence-electron chi connectivity index (χ3n) is 6.78. The van der Waals surface area contributed by atoms with Crippen LogP contribution in [0.1, 0.15) is 31.8 Å². The number of piperazine rings is 1. The van der Waals surface area contributed by atoms with E-state index < -0.39 is 0 Å². The van der Waals surface area contributed by atoms with Crippen LogP contribution in [-0.4, -0.2) is 79.4 Å². The van der Waals surface area contributed by atoms with Gasteiger partial charge in [0.05, 0.1) is 7.11 Å². The Bertz CT molecular complexity index is 1250. The van der Waals surface area contributed by atoms with Crippen molar-refractivity contribution in [1.29, 1.82) is 0 Å². The Labute approximate surface area is 223 Å². The first-order chi connectivity index (χ1) is 18.4. The van der Waals surface area contributed by atoms with Crippen molar-refractivity contribution in [1.82, 2.24) is 14.7 Å². The number of hydrogen-bond donors (Lipinski definition) is 0. The molecule has 1 saturated heterocycles. The van der Waals surface area contributed by atoms with Gasteiger partial charge in [-0.25, -0.2) is 4.39 Å². The summed E-state index contributed by atoms with van der Waals surface area (Å²) in [5, 5.41) is 0. The van der Waals surface area contributed by atoms with Crippen molar-refractivity contribution >= 4 is 17.9 Å². The molecule has 0 bridgehead atoms. The number of carbonyl (C=O) groups is 2. The number of para-hydroxylation sites is 1. The van der Waals surface area contributed by atoms with Crippen LogP contribution in [0, 0.1) is 12.7 Å². The Balaban J connectivity index is 1.37. The lowest BCUT2D eigenvalue weighted by Gasteiger charge is -2.35. The molecule has 6 nitrogen and oxygen atoms in total. The minimum atomic E-state index is -0.353. The summed E-state index contributed by atoms with van der Waals surface area (Å²) in [7, 11) is 1.65. The maximum atomic E-state index is 13.4.